The van der Waals surface area contributed by atoms with Crippen molar-refractivity contribution in [3.05, 3.63) is 55.3 Å². The van der Waals surface area contributed by atoms with Crippen molar-refractivity contribution in [2.45, 2.75) is 0 Å². The molecule has 1 fully saturated rings. The number of benzene rings is 2. The largest absolute Gasteiger partial charge is 0.503 e. The zero-order chi connectivity index (χ0) is 19.0. The average Bonchev–Trinajstić information content (AvgIpc) is 2.85. The number of carbonyl (C=O) groups is 1. The summed E-state index contributed by atoms with van der Waals surface area (Å²) in [5.41, 5.74) is 1.15. The smallest absolute Gasteiger partial charge is 0.270 e. The quantitative estimate of drug-likeness (QED) is 0.430. The Hall–Kier alpha value is -1.25. The second-order valence-electron chi connectivity index (χ2n) is 5.17. The number of ether oxygens (including phenoxy) is 1. The first kappa shape index (κ1) is 19.5. The Labute approximate surface area is 177 Å². The molecule has 2 aromatic carbocycles. The van der Waals surface area contributed by atoms with Crippen molar-refractivity contribution in [2.75, 3.05) is 12.0 Å². The number of phenolic OH excluding ortho intramolecular Hbond substituents is 1. The van der Waals surface area contributed by atoms with Gasteiger partial charge >= 0.3 is 0 Å². The molecule has 0 bridgehead atoms. The van der Waals surface area contributed by atoms with Gasteiger partial charge in [0.15, 0.2) is 15.8 Å². The lowest BCUT2D eigenvalue weighted by molar-refractivity contribution is -0.113. The summed E-state index contributed by atoms with van der Waals surface area (Å²) in [7, 11) is 1.45. The van der Waals surface area contributed by atoms with Gasteiger partial charge in [0.25, 0.3) is 5.91 Å². The molecule has 0 saturated carbocycles. The number of hydrogen-bond donors (Lipinski definition) is 1. The fraction of sp³-hybridized carbons (Fsp3) is 0.0588. The van der Waals surface area contributed by atoms with E-state index >= 15 is 0 Å². The van der Waals surface area contributed by atoms with Gasteiger partial charge in [-0.25, -0.2) is 0 Å². The first-order chi connectivity index (χ1) is 12.3. The van der Waals surface area contributed by atoms with Crippen LogP contribution in [0, 0.1) is 0 Å². The van der Waals surface area contributed by atoms with Gasteiger partial charge in [0.05, 0.1) is 27.2 Å². The molecule has 0 atom stereocenters. The predicted molar refractivity (Wildman–Crippen MR) is 114 cm³/mol. The summed E-state index contributed by atoms with van der Waals surface area (Å²) in [6.45, 7) is 0. The number of phenols is 1. The van der Waals surface area contributed by atoms with E-state index in [1.54, 1.807) is 36.4 Å². The number of aromatic hydroxyl groups is 1. The van der Waals surface area contributed by atoms with Gasteiger partial charge in [0.1, 0.15) is 0 Å². The van der Waals surface area contributed by atoms with Crippen LogP contribution in [-0.2, 0) is 4.79 Å². The standard InChI is InChI=1S/C17H10BrCl2NO3S2/c1-24-13-5-8(4-10(18)15(13)22)6-14-16(23)21(17(25)26-14)12-3-2-9(19)7-11(12)20/h2-7,22H,1H3/b14-6+. The van der Waals surface area contributed by atoms with Crippen molar-refractivity contribution in [1.82, 2.24) is 0 Å². The molecular weight excluding hydrogens is 481 g/mol. The molecular formula is C17H10BrCl2NO3S2. The van der Waals surface area contributed by atoms with E-state index in [9.17, 15) is 9.90 Å². The van der Waals surface area contributed by atoms with Crippen LogP contribution >= 0.6 is 63.1 Å². The van der Waals surface area contributed by atoms with Crippen LogP contribution < -0.4 is 9.64 Å². The molecule has 1 N–H and O–H groups in total. The van der Waals surface area contributed by atoms with Gasteiger partial charge in [-0.05, 0) is 57.9 Å². The molecule has 26 heavy (non-hydrogen) atoms. The third kappa shape index (κ3) is 3.73. The van der Waals surface area contributed by atoms with E-state index in [0.717, 1.165) is 0 Å². The Balaban J connectivity index is 1.99. The first-order valence-electron chi connectivity index (χ1n) is 7.11. The number of hydrogen-bond acceptors (Lipinski definition) is 5. The minimum Gasteiger partial charge on any atom is -0.503 e. The van der Waals surface area contributed by atoms with Crippen molar-refractivity contribution in [3.63, 3.8) is 0 Å². The zero-order valence-corrected chi connectivity index (χ0v) is 17.9. The van der Waals surface area contributed by atoms with E-state index in [4.69, 9.17) is 40.2 Å². The van der Waals surface area contributed by atoms with Crippen LogP contribution in [0.1, 0.15) is 5.56 Å². The maximum Gasteiger partial charge on any atom is 0.270 e. The highest BCUT2D eigenvalue weighted by atomic mass is 79.9. The Morgan fingerprint density at radius 1 is 1.31 bits per heavy atom. The van der Waals surface area contributed by atoms with E-state index in [2.05, 4.69) is 15.9 Å². The summed E-state index contributed by atoms with van der Waals surface area (Å²) in [4.78, 5) is 14.6. The molecule has 134 valence electrons. The summed E-state index contributed by atoms with van der Waals surface area (Å²) >= 11 is 21.9. The van der Waals surface area contributed by atoms with Crippen LogP contribution in [0.5, 0.6) is 11.5 Å². The fourth-order valence-electron chi connectivity index (χ4n) is 2.32. The summed E-state index contributed by atoms with van der Waals surface area (Å²) in [6, 6.07) is 8.16. The summed E-state index contributed by atoms with van der Waals surface area (Å²) in [5.74, 6) is -0.000573. The SMILES string of the molecule is COc1cc(/C=C2/SC(=S)N(c3ccc(Cl)cc3Cl)C2=O)cc(Br)c1O. The molecule has 9 heteroatoms. The van der Waals surface area contributed by atoms with Gasteiger partial charge in [-0.15, -0.1) is 0 Å². The number of nitrogens with zero attached hydrogens (tertiary/aromatic N) is 1. The molecule has 1 heterocycles. The Kier molecular flexibility index (Phi) is 5.84. The number of amides is 1. The maximum absolute atomic E-state index is 12.8. The zero-order valence-electron chi connectivity index (χ0n) is 13.1. The lowest BCUT2D eigenvalue weighted by Crippen LogP contribution is -2.27. The van der Waals surface area contributed by atoms with Gasteiger partial charge in [-0.1, -0.05) is 47.2 Å². The van der Waals surface area contributed by atoms with E-state index in [1.807, 2.05) is 0 Å². The van der Waals surface area contributed by atoms with Gasteiger partial charge < -0.3 is 9.84 Å². The number of thioether (sulfide) groups is 1. The second-order valence-corrected chi connectivity index (χ2v) is 8.54. The molecule has 0 radical (unpaired) electrons. The minimum atomic E-state index is -0.285. The van der Waals surface area contributed by atoms with Crippen molar-refractivity contribution in [1.29, 1.82) is 0 Å². The van der Waals surface area contributed by atoms with Crippen LogP contribution in [0.3, 0.4) is 0 Å². The average molecular weight is 491 g/mol. The third-order valence-corrected chi connectivity index (χ3v) is 5.96. The van der Waals surface area contributed by atoms with Gasteiger partial charge in [0.2, 0.25) is 0 Å². The highest BCUT2D eigenvalue weighted by Crippen LogP contribution is 2.41. The first-order valence-corrected chi connectivity index (χ1v) is 9.88. The van der Waals surface area contributed by atoms with E-state index < -0.39 is 0 Å². The van der Waals surface area contributed by atoms with Gasteiger partial charge in [-0.2, -0.15) is 0 Å². The van der Waals surface area contributed by atoms with E-state index in [0.29, 0.717) is 40.7 Å². The monoisotopic (exact) mass is 489 g/mol. The number of carbonyl (C=O) groups excluding carboxylic acids is 1. The van der Waals surface area contributed by atoms with Gasteiger partial charge in [-0.3, -0.25) is 9.69 Å². The number of anilines is 1. The topological polar surface area (TPSA) is 49.8 Å². The van der Waals surface area contributed by atoms with Gasteiger partial charge in [0, 0.05) is 5.02 Å². The fourth-order valence-corrected chi connectivity index (χ4v) is 4.56. The molecule has 1 amide bonds. The molecule has 0 unspecified atom stereocenters. The highest BCUT2D eigenvalue weighted by Gasteiger charge is 2.34. The Morgan fingerprint density at radius 3 is 2.69 bits per heavy atom. The van der Waals surface area contributed by atoms with Crippen LogP contribution in [-0.4, -0.2) is 22.4 Å². The molecule has 1 saturated heterocycles. The van der Waals surface area contributed by atoms with Crippen LogP contribution in [0.2, 0.25) is 10.0 Å². The molecule has 0 aliphatic carbocycles. The molecule has 2 aromatic rings. The molecule has 1 aliphatic rings. The van der Waals surface area contributed by atoms with Crippen molar-refractivity contribution >= 4 is 85.1 Å². The third-order valence-electron chi connectivity index (χ3n) is 3.51. The molecule has 0 aromatic heterocycles. The van der Waals surface area contributed by atoms with E-state index in [1.165, 1.54) is 23.8 Å². The minimum absolute atomic E-state index is 0.00913. The summed E-state index contributed by atoms with van der Waals surface area (Å²) in [5, 5.41) is 10.7. The second kappa shape index (κ2) is 7.78. The molecule has 4 nitrogen and oxygen atoms in total. The van der Waals surface area contributed by atoms with Crippen molar-refractivity contribution < 1.29 is 14.6 Å². The highest BCUT2D eigenvalue weighted by molar-refractivity contribution is 9.10. The molecule has 1 aliphatic heterocycles. The van der Waals surface area contributed by atoms with Crippen molar-refractivity contribution in [3.8, 4) is 11.5 Å². The number of halogens is 3. The Morgan fingerprint density at radius 2 is 2.04 bits per heavy atom. The van der Waals surface area contributed by atoms with Crippen LogP contribution in [0.15, 0.2) is 39.7 Å². The van der Waals surface area contributed by atoms with Crippen molar-refractivity contribution in [2.24, 2.45) is 0 Å². The predicted octanol–water partition coefficient (Wildman–Crippen LogP) is 5.88. The number of thiocarbonyl (C=S) groups is 1. The Bertz CT molecular complexity index is 965. The van der Waals surface area contributed by atoms with E-state index in [-0.39, 0.29) is 11.7 Å². The summed E-state index contributed by atoms with van der Waals surface area (Å²) < 4.78 is 5.96. The van der Waals surface area contributed by atoms with Crippen LogP contribution in [0.25, 0.3) is 6.08 Å². The number of methoxy groups -OCH3 is 1. The summed E-state index contributed by atoms with van der Waals surface area (Å²) in [6.07, 6.45) is 1.68. The maximum atomic E-state index is 12.8. The van der Waals surface area contributed by atoms with Crippen LogP contribution in [0.4, 0.5) is 5.69 Å². The molecule has 0 spiro atoms. The molecule has 3 rings (SSSR count). The number of rotatable bonds is 3. The lowest BCUT2D eigenvalue weighted by Gasteiger charge is -2.16. The lowest BCUT2D eigenvalue weighted by atomic mass is 10.2. The normalized spacial score (nSPS) is 15.8.